The van der Waals surface area contributed by atoms with Crippen molar-refractivity contribution >= 4 is 11.7 Å². The number of carbonyl (C=O) groups is 1. The molecule has 0 radical (unpaired) electrons. The normalized spacial score (nSPS) is 10.2. The summed E-state index contributed by atoms with van der Waals surface area (Å²) < 4.78 is 0. The molecule has 4 heteroatoms. The summed E-state index contributed by atoms with van der Waals surface area (Å²) in [7, 11) is 0. The highest BCUT2D eigenvalue weighted by atomic mass is 16.5. The molecule has 82 valence electrons. The van der Waals surface area contributed by atoms with Crippen LogP contribution in [0.2, 0.25) is 0 Å². The molecule has 0 fully saturated rings. The Kier molecular flexibility index (Phi) is 3.68. The first-order valence-electron chi connectivity index (χ1n) is 4.87. The summed E-state index contributed by atoms with van der Waals surface area (Å²) in [4.78, 5) is 11.5. The number of benzene rings is 1. The van der Waals surface area contributed by atoms with Crippen LogP contribution in [0.25, 0.3) is 0 Å². The molecule has 1 rings (SSSR count). The third-order valence-electron chi connectivity index (χ3n) is 1.95. The Morgan fingerprint density at radius 1 is 1.40 bits per heavy atom. The molecule has 0 saturated heterocycles. The van der Waals surface area contributed by atoms with E-state index in [4.69, 9.17) is 0 Å². The molecule has 0 aliphatic rings. The first kappa shape index (κ1) is 11.5. The van der Waals surface area contributed by atoms with Gasteiger partial charge in [0.25, 0.3) is 0 Å². The highest BCUT2D eigenvalue weighted by Crippen LogP contribution is 2.17. The minimum absolute atomic E-state index is 0.00355. The van der Waals surface area contributed by atoms with Crippen molar-refractivity contribution in [2.45, 2.75) is 26.8 Å². The minimum Gasteiger partial charge on any atom is -0.334 e. The fourth-order valence-corrected chi connectivity index (χ4v) is 1.22. The molecule has 0 heterocycles. The van der Waals surface area contributed by atoms with Crippen molar-refractivity contribution in [3.05, 3.63) is 29.8 Å². The average Bonchev–Trinajstić information content (AvgIpc) is 2.16. The highest BCUT2D eigenvalue weighted by Gasteiger charge is 2.14. The van der Waals surface area contributed by atoms with Gasteiger partial charge in [0.1, 0.15) is 0 Å². The van der Waals surface area contributed by atoms with Gasteiger partial charge in [-0.1, -0.05) is 18.2 Å². The lowest BCUT2D eigenvalue weighted by molar-refractivity contribution is 0.202. The molecule has 0 unspecified atom stereocenters. The molecule has 0 bridgehead atoms. The molecule has 0 aliphatic heterocycles. The minimum atomic E-state index is -0.515. The summed E-state index contributed by atoms with van der Waals surface area (Å²) >= 11 is 0. The number of hydrogen-bond donors (Lipinski definition) is 2. The van der Waals surface area contributed by atoms with Gasteiger partial charge in [0.05, 0.1) is 5.69 Å². The monoisotopic (exact) mass is 208 g/mol. The quantitative estimate of drug-likeness (QED) is 0.578. The number of nitrogens with one attached hydrogen (secondary N) is 1. The van der Waals surface area contributed by atoms with Gasteiger partial charge in [0.15, 0.2) is 0 Å². The smallest absolute Gasteiger partial charge is 0.334 e. The van der Waals surface area contributed by atoms with Gasteiger partial charge in [-0.2, -0.15) is 5.06 Å². The van der Waals surface area contributed by atoms with Gasteiger partial charge < -0.3 is 5.32 Å². The van der Waals surface area contributed by atoms with Gasteiger partial charge in [-0.15, -0.1) is 0 Å². The van der Waals surface area contributed by atoms with E-state index in [0.29, 0.717) is 10.8 Å². The van der Waals surface area contributed by atoms with E-state index < -0.39 is 6.03 Å². The number of para-hydroxylation sites is 1. The van der Waals surface area contributed by atoms with Crippen LogP contribution in [-0.2, 0) is 0 Å². The largest absolute Gasteiger partial charge is 0.346 e. The van der Waals surface area contributed by atoms with Gasteiger partial charge in [-0.05, 0) is 32.4 Å². The zero-order chi connectivity index (χ0) is 11.4. The predicted octanol–water partition coefficient (Wildman–Crippen LogP) is 2.31. The van der Waals surface area contributed by atoms with E-state index in [2.05, 4.69) is 5.32 Å². The summed E-state index contributed by atoms with van der Waals surface area (Å²) in [6, 6.07) is 6.63. The van der Waals surface area contributed by atoms with E-state index in [9.17, 15) is 10.0 Å². The van der Waals surface area contributed by atoms with Crippen LogP contribution >= 0.6 is 0 Å². The van der Waals surface area contributed by atoms with Gasteiger partial charge in [-0.3, -0.25) is 5.21 Å². The topological polar surface area (TPSA) is 52.6 Å². The van der Waals surface area contributed by atoms with Crippen LogP contribution in [-0.4, -0.2) is 17.3 Å². The molecule has 15 heavy (non-hydrogen) atoms. The average molecular weight is 208 g/mol. The van der Waals surface area contributed by atoms with Crippen molar-refractivity contribution in [2.75, 3.05) is 5.06 Å². The van der Waals surface area contributed by atoms with Crippen LogP contribution in [0.3, 0.4) is 0 Å². The molecular formula is C11H16N2O2. The van der Waals surface area contributed by atoms with Crippen molar-refractivity contribution in [3.63, 3.8) is 0 Å². The highest BCUT2D eigenvalue weighted by molar-refractivity contribution is 5.90. The van der Waals surface area contributed by atoms with Crippen LogP contribution in [0.15, 0.2) is 24.3 Å². The molecule has 2 amide bonds. The molecule has 0 aliphatic carbocycles. The van der Waals surface area contributed by atoms with Crippen LogP contribution in [0.4, 0.5) is 10.5 Å². The maximum atomic E-state index is 11.5. The lowest BCUT2D eigenvalue weighted by atomic mass is 10.2. The Morgan fingerprint density at radius 2 is 2.00 bits per heavy atom. The van der Waals surface area contributed by atoms with Crippen molar-refractivity contribution in [1.29, 1.82) is 0 Å². The number of nitrogens with zero attached hydrogens (tertiary/aromatic N) is 1. The zero-order valence-corrected chi connectivity index (χ0v) is 9.19. The first-order chi connectivity index (χ1) is 7.02. The van der Waals surface area contributed by atoms with E-state index >= 15 is 0 Å². The lowest BCUT2D eigenvalue weighted by Crippen LogP contribution is -2.41. The van der Waals surface area contributed by atoms with Gasteiger partial charge in [0.2, 0.25) is 0 Å². The number of urea groups is 1. The summed E-state index contributed by atoms with van der Waals surface area (Å²) in [6.07, 6.45) is 0. The Bertz CT molecular complexity index is 350. The number of anilines is 1. The molecule has 0 atom stereocenters. The van der Waals surface area contributed by atoms with Gasteiger partial charge >= 0.3 is 6.03 Å². The van der Waals surface area contributed by atoms with E-state index in [1.807, 2.05) is 32.9 Å². The molecule has 1 aromatic carbocycles. The third-order valence-corrected chi connectivity index (χ3v) is 1.95. The zero-order valence-electron chi connectivity index (χ0n) is 9.19. The molecule has 1 aromatic rings. The molecule has 2 N–H and O–H groups in total. The molecular weight excluding hydrogens is 192 g/mol. The Hall–Kier alpha value is -1.55. The number of rotatable bonds is 2. The second-order valence-electron chi connectivity index (χ2n) is 3.70. The standard InChI is InChI=1S/C11H16N2O2/c1-8(2)12-11(14)13(15)10-7-5-4-6-9(10)3/h4-8,15H,1-3H3,(H,12,14). The number of aryl methyl sites for hydroxylation is 1. The van der Waals surface area contributed by atoms with Crippen molar-refractivity contribution in [2.24, 2.45) is 0 Å². The van der Waals surface area contributed by atoms with Crippen molar-refractivity contribution in [3.8, 4) is 0 Å². The van der Waals surface area contributed by atoms with Crippen molar-refractivity contribution in [1.82, 2.24) is 5.32 Å². The lowest BCUT2D eigenvalue weighted by Gasteiger charge is -2.19. The molecule has 0 aromatic heterocycles. The van der Waals surface area contributed by atoms with Gasteiger partial charge in [0, 0.05) is 6.04 Å². The fourth-order valence-electron chi connectivity index (χ4n) is 1.22. The number of carbonyl (C=O) groups excluding carboxylic acids is 1. The predicted molar refractivity (Wildman–Crippen MR) is 59.1 cm³/mol. The van der Waals surface area contributed by atoms with Crippen LogP contribution in [0.5, 0.6) is 0 Å². The number of hydroxylamine groups is 1. The van der Waals surface area contributed by atoms with E-state index in [1.165, 1.54) is 0 Å². The second-order valence-corrected chi connectivity index (χ2v) is 3.70. The summed E-state index contributed by atoms with van der Waals surface area (Å²) in [5.74, 6) is 0. The number of amides is 2. The number of hydrogen-bond acceptors (Lipinski definition) is 2. The SMILES string of the molecule is Cc1ccccc1N(O)C(=O)NC(C)C. The Labute approximate surface area is 89.5 Å². The maximum absolute atomic E-state index is 11.5. The molecule has 4 nitrogen and oxygen atoms in total. The Balaban J connectivity index is 2.81. The second kappa shape index (κ2) is 4.79. The van der Waals surface area contributed by atoms with Gasteiger partial charge in [-0.25, -0.2) is 4.79 Å². The maximum Gasteiger partial charge on any atom is 0.346 e. The van der Waals surface area contributed by atoms with E-state index in [1.54, 1.807) is 12.1 Å². The van der Waals surface area contributed by atoms with Crippen LogP contribution in [0, 0.1) is 6.92 Å². The fraction of sp³-hybridized carbons (Fsp3) is 0.364. The van der Waals surface area contributed by atoms with Crippen LogP contribution < -0.4 is 10.4 Å². The molecule has 0 saturated carbocycles. The van der Waals surface area contributed by atoms with Crippen molar-refractivity contribution < 1.29 is 10.0 Å². The summed E-state index contributed by atoms with van der Waals surface area (Å²) in [5, 5.41) is 12.9. The molecule has 0 spiro atoms. The summed E-state index contributed by atoms with van der Waals surface area (Å²) in [5.41, 5.74) is 1.34. The first-order valence-corrected chi connectivity index (χ1v) is 4.87. The van der Waals surface area contributed by atoms with E-state index in [-0.39, 0.29) is 6.04 Å². The Morgan fingerprint density at radius 3 is 2.53 bits per heavy atom. The third kappa shape index (κ3) is 2.95. The summed E-state index contributed by atoms with van der Waals surface area (Å²) in [6.45, 7) is 5.51. The van der Waals surface area contributed by atoms with E-state index in [0.717, 1.165) is 5.56 Å². The van der Waals surface area contributed by atoms with Crippen LogP contribution in [0.1, 0.15) is 19.4 Å².